The normalized spacial score (nSPS) is 10.8. The van der Waals surface area contributed by atoms with Crippen LogP contribution in [0.25, 0.3) is 0 Å². The third-order valence-corrected chi connectivity index (χ3v) is 2.93. The van der Waals surface area contributed by atoms with E-state index in [1.165, 1.54) is 12.8 Å². The van der Waals surface area contributed by atoms with Gasteiger partial charge in [-0.05, 0) is 33.0 Å². The molecule has 2 nitrogen and oxygen atoms in total. The van der Waals surface area contributed by atoms with Gasteiger partial charge >= 0.3 is 0 Å². The van der Waals surface area contributed by atoms with Gasteiger partial charge in [-0.2, -0.15) is 0 Å². The Labute approximate surface area is 105 Å². The summed E-state index contributed by atoms with van der Waals surface area (Å²) in [5, 5.41) is 0. The molecular weight excluding hydrogens is 210 g/mol. The minimum absolute atomic E-state index is 0.259. The Kier molecular flexibility index (Phi) is 6.56. The number of hydrogen-bond acceptors (Lipinski definition) is 2. The van der Waals surface area contributed by atoms with Crippen molar-refractivity contribution in [2.45, 2.75) is 32.6 Å². The molecule has 17 heavy (non-hydrogen) atoms. The molecule has 0 N–H and O–H groups in total. The molecule has 1 aromatic carbocycles. The van der Waals surface area contributed by atoms with Gasteiger partial charge in [-0.3, -0.25) is 4.79 Å². The molecule has 0 unspecified atom stereocenters. The molecule has 0 heterocycles. The van der Waals surface area contributed by atoms with Crippen molar-refractivity contribution in [2.75, 3.05) is 20.1 Å². The Morgan fingerprint density at radius 2 is 1.76 bits per heavy atom. The molecule has 0 aliphatic carbocycles. The lowest BCUT2D eigenvalue weighted by Crippen LogP contribution is -2.21. The van der Waals surface area contributed by atoms with E-state index in [0.29, 0.717) is 6.42 Å². The number of carbonyl (C=O) groups excluding carboxylic acids is 1. The number of rotatable bonds is 8. The molecule has 0 saturated heterocycles. The maximum Gasteiger partial charge on any atom is 0.162 e. The van der Waals surface area contributed by atoms with Gasteiger partial charge < -0.3 is 4.90 Å². The van der Waals surface area contributed by atoms with Crippen LogP contribution in [0.2, 0.25) is 0 Å². The molecule has 0 aliphatic rings. The molecule has 0 bridgehead atoms. The topological polar surface area (TPSA) is 20.3 Å². The Hall–Kier alpha value is -1.15. The highest BCUT2D eigenvalue weighted by molar-refractivity contribution is 5.95. The van der Waals surface area contributed by atoms with Gasteiger partial charge in [0.05, 0.1) is 0 Å². The highest BCUT2D eigenvalue weighted by Gasteiger charge is 2.05. The fourth-order valence-electron chi connectivity index (χ4n) is 1.82. The summed E-state index contributed by atoms with van der Waals surface area (Å²) < 4.78 is 0. The van der Waals surface area contributed by atoms with Crippen molar-refractivity contribution in [1.29, 1.82) is 0 Å². The molecule has 2 heteroatoms. The summed E-state index contributed by atoms with van der Waals surface area (Å²) in [6.07, 6.45) is 4.07. The van der Waals surface area contributed by atoms with E-state index in [1.807, 2.05) is 30.3 Å². The van der Waals surface area contributed by atoms with Crippen molar-refractivity contribution in [3.05, 3.63) is 35.9 Å². The van der Waals surface area contributed by atoms with Crippen LogP contribution in [0.15, 0.2) is 30.3 Å². The number of Topliss-reactive ketones (excluding diaryl/α,β-unsaturated/α-hetero) is 1. The summed E-state index contributed by atoms with van der Waals surface area (Å²) in [6, 6.07) is 9.56. The van der Waals surface area contributed by atoms with Crippen LogP contribution in [0.3, 0.4) is 0 Å². The highest BCUT2D eigenvalue weighted by Crippen LogP contribution is 2.05. The zero-order valence-corrected chi connectivity index (χ0v) is 11.0. The van der Waals surface area contributed by atoms with Gasteiger partial charge in [-0.15, -0.1) is 0 Å². The Morgan fingerprint density at radius 3 is 2.41 bits per heavy atom. The Balaban J connectivity index is 2.21. The molecule has 0 saturated carbocycles. The van der Waals surface area contributed by atoms with Gasteiger partial charge in [-0.25, -0.2) is 0 Å². The lowest BCUT2D eigenvalue weighted by Gasteiger charge is -2.15. The highest BCUT2D eigenvalue weighted by atomic mass is 16.1. The van der Waals surface area contributed by atoms with Crippen LogP contribution in [0.4, 0.5) is 0 Å². The van der Waals surface area contributed by atoms with Crippen LogP contribution in [0, 0.1) is 0 Å². The van der Waals surface area contributed by atoms with Crippen LogP contribution in [-0.2, 0) is 0 Å². The fraction of sp³-hybridized carbons (Fsp3) is 0.533. The third-order valence-electron chi connectivity index (χ3n) is 2.93. The van der Waals surface area contributed by atoms with Gasteiger partial charge in [0.15, 0.2) is 5.78 Å². The molecule has 1 rings (SSSR count). The summed E-state index contributed by atoms with van der Waals surface area (Å²) in [7, 11) is 2.13. The first kappa shape index (κ1) is 13.9. The number of hydrogen-bond donors (Lipinski definition) is 0. The lowest BCUT2D eigenvalue weighted by atomic mass is 10.1. The van der Waals surface area contributed by atoms with Crippen LogP contribution >= 0.6 is 0 Å². The van der Waals surface area contributed by atoms with E-state index in [0.717, 1.165) is 25.1 Å². The molecule has 0 radical (unpaired) electrons. The zero-order valence-electron chi connectivity index (χ0n) is 11.0. The quantitative estimate of drug-likeness (QED) is 0.642. The van der Waals surface area contributed by atoms with Gasteiger partial charge in [0, 0.05) is 12.0 Å². The summed E-state index contributed by atoms with van der Waals surface area (Å²) in [5.74, 6) is 0.259. The van der Waals surface area contributed by atoms with Gasteiger partial charge in [0.1, 0.15) is 0 Å². The van der Waals surface area contributed by atoms with Gasteiger partial charge in [-0.1, -0.05) is 43.7 Å². The van der Waals surface area contributed by atoms with Crippen LogP contribution in [0.1, 0.15) is 43.0 Å². The predicted octanol–water partition coefficient (Wildman–Crippen LogP) is 3.38. The van der Waals surface area contributed by atoms with E-state index >= 15 is 0 Å². The molecule has 1 aromatic rings. The number of carbonyl (C=O) groups is 1. The number of unbranched alkanes of at least 4 members (excludes halogenated alkanes) is 1. The largest absolute Gasteiger partial charge is 0.306 e. The average molecular weight is 233 g/mol. The lowest BCUT2D eigenvalue weighted by molar-refractivity contribution is 0.0976. The molecule has 0 atom stereocenters. The third kappa shape index (κ3) is 5.64. The van der Waals surface area contributed by atoms with E-state index in [1.54, 1.807) is 0 Å². The van der Waals surface area contributed by atoms with E-state index < -0.39 is 0 Å². The minimum atomic E-state index is 0.259. The molecule has 0 spiro atoms. The van der Waals surface area contributed by atoms with E-state index in [2.05, 4.69) is 18.9 Å². The molecule has 0 aliphatic heterocycles. The van der Waals surface area contributed by atoms with E-state index in [4.69, 9.17) is 0 Å². The van der Waals surface area contributed by atoms with Crippen molar-refractivity contribution >= 4 is 5.78 Å². The van der Waals surface area contributed by atoms with Crippen LogP contribution in [-0.4, -0.2) is 30.8 Å². The summed E-state index contributed by atoms with van der Waals surface area (Å²) >= 11 is 0. The van der Waals surface area contributed by atoms with E-state index in [9.17, 15) is 4.79 Å². The number of benzene rings is 1. The van der Waals surface area contributed by atoms with Crippen molar-refractivity contribution in [1.82, 2.24) is 4.90 Å². The predicted molar refractivity (Wildman–Crippen MR) is 72.4 cm³/mol. The minimum Gasteiger partial charge on any atom is -0.306 e. The molecule has 94 valence electrons. The molecule has 0 aromatic heterocycles. The van der Waals surface area contributed by atoms with E-state index in [-0.39, 0.29) is 5.78 Å². The first-order valence-corrected chi connectivity index (χ1v) is 6.51. The maximum atomic E-state index is 11.8. The van der Waals surface area contributed by atoms with Gasteiger partial charge in [0.2, 0.25) is 0 Å². The van der Waals surface area contributed by atoms with Gasteiger partial charge in [0.25, 0.3) is 0 Å². The Bertz CT molecular complexity index is 321. The average Bonchev–Trinajstić information content (AvgIpc) is 2.37. The zero-order chi connectivity index (χ0) is 12.5. The standard InChI is InChI=1S/C15H23NO/c1-3-4-12-16(2)13-8-11-15(17)14-9-6-5-7-10-14/h5-7,9-10H,3-4,8,11-13H2,1-2H3. The monoisotopic (exact) mass is 233 g/mol. The van der Waals surface area contributed by atoms with Crippen molar-refractivity contribution in [2.24, 2.45) is 0 Å². The SMILES string of the molecule is CCCCN(C)CCCC(=O)c1ccccc1. The summed E-state index contributed by atoms with van der Waals surface area (Å²) in [6.45, 7) is 4.35. The van der Waals surface area contributed by atoms with Crippen molar-refractivity contribution < 1.29 is 4.79 Å². The van der Waals surface area contributed by atoms with Crippen molar-refractivity contribution in [3.8, 4) is 0 Å². The number of ketones is 1. The summed E-state index contributed by atoms with van der Waals surface area (Å²) in [4.78, 5) is 14.1. The van der Waals surface area contributed by atoms with Crippen molar-refractivity contribution in [3.63, 3.8) is 0 Å². The maximum absolute atomic E-state index is 11.8. The second-order valence-electron chi connectivity index (χ2n) is 4.55. The second kappa shape index (κ2) is 8.02. The number of nitrogens with zero attached hydrogens (tertiary/aromatic N) is 1. The fourth-order valence-corrected chi connectivity index (χ4v) is 1.82. The summed E-state index contributed by atoms with van der Waals surface area (Å²) in [5.41, 5.74) is 0.837. The molecule has 0 amide bonds. The first-order chi connectivity index (χ1) is 8.24. The second-order valence-corrected chi connectivity index (χ2v) is 4.55. The van der Waals surface area contributed by atoms with Crippen LogP contribution < -0.4 is 0 Å². The first-order valence-electron chi connectivity index (χ1n) is 6.51. The molecule has 0 fully saturated rings. The smallest absolute Gasteiger partial charge is 0.162 e. The Morgan fingerprint density at radius 1 is 1.12 bits per heavy atom. The molecular formula is C15H23NO. The van der Waals surface area contributed by atoms with Crippen LogP contribution in [0.5, 0.6) is 0 Å².